The molecule has 6 rings (SSSR count). The van der Waals surface area contributed by atoms with Gasteiger partial charge in [0.1, 0.15) is 11.7 Å². The molecule has 0 radical (unpaired) electrons. The molecule has 0 spiro atoms. The molecule has 0 saturated carbocycles. The molecule has 2 heterocycles. The fraction of sp³-hybridized carbons (Fsp3) is 0.167. The molecule has 35 heavy (non-hydrogen) atoms. The first kappa shape index (κ1) is 24.1. The Balaban J connectivity index is 0.00000253. The highest BCUT2D eigenvalue weighted by Gasteiger charge is 2.26. The molecule has 0 N–H and O–H groups in total. The number of nitrogens with zero attached hydrogens (tertiary/aromatic N) is 2. The van der Waals surface area contributed by atoms with Gasteiger partial charge < -0.3 is 21.9 Å². The third-order valence-corrected chi connectivity index (χ3v) is 8.95. The Morgan fingerprint density at radius 3 is 2.31 bits per heavy atom. The number of anilines is 1. The summed E-state index contributed by atoms with van der Waals surface area (Å²) in [4.78, 5) is 3.82. The van der Waals surface area contributed by atoms with Crippen LogP contribution in [0.3, 0.4) is 0 Å². The van der Waals surface area contributed by atoms with E-state index >= 15 is 0 Å². The summed E-state index contributed by atoms with van der Waals surface area (Å²) in [5, 5.41) is 7.86. The van der Waals surface area contributed by atoms with Crippen molar-refractivity contribution in [1.29, 1.82) is 0 Å². The number of benzene rings is 4. The van der Waals surface area contributed by atoms with Crippen molar-refractivity contribution in [3.05, 3.63) is 94.5 Å². The normalized spacial score (nSPS) is 14.8. The van der Waals surface area contributed by atoms with Crippen LogP contribution in [0.1, 0.15) is 25.3 Å². The number of aryl methyl sites for hydroxylation is 1. The summed E-state index contributed by atoms with van der Waals surface area (Å²) in [5.41, 5.74) is 4.03. The molecule has 0 amide bonds. The highest BCUT2D eigenvalue weighted by Crippen LogP contribution is 2.49. The number of rotatable bonds is 4. The third kappa shape index (κ3) is 4.10. The van der Waals surface area contributed by atoms with Crippen LogP contribution in [0.2, 0.25) is 0 Å². The first-order valence-corrected chi connectivity index (χ1v) is 13.5. The number of thiazole rings is 1. The van der Waals surface area contributed by atoms with Crippen molar-refractivity contribution >= 4 is 66.6 Å². The first-order chi connectivity index (χ1) is 16.7. The molecule has 0 atom stereocenters. The summed E-state index contributed by atoms with van der Waals surface area (Å²) < 4.78 is 3.69. The van der Waals surface area contributed by atoms with Crippen molar-refractivity contribution < 1.29 is 21.5 Å². The van der Waals surface area contributed by atoms with Gasteiger partial charge in [0.2, 0.25) is 5.52 Å². The average molecular weight is 560 g/mol. The van der Waals surface area contributed by atoms with Crippen LogP contribution >= 0.6 is 23.1 Å². The lowest BCUT2D eigenvalue weighted by molar-refractivity contribution is -0.641. The van der Waals surface area contributed by atoms with Crippen LogP contribution in [0.4, 0.5) is 5.69 Å². The Hall–Kier alpha value is -2.60. The Kier molecular flexibility index (Phi) is 6.75. The van der Waals surface area contributed by atoms with E-state index in [0.29, 0.717) is 0 Å². The van der Waals surface area contributed by atoms with Gasteiger partial charge in [-0.25, -0.2) is 0 Å². The van der Waals surface area contributed by atoms with Crippen LogP contribution in [0.5, 0.6) is 0 Å². The Labute approximate surface area is 225 Å². The minimum Gasteiger partial charge on any atom is -1.00 e. The van der Waals surface area contributed by atoms with Gasteiger partial charge in [0.15, 0.2) is 0 Å². The second-order valence-electron chi connectivity index (χ2n) is 8.67. The highest BCUT2D eigenvalue weighted by molar-refractivity contribution is 8.03. The first-order valence-electron chi connectivity index (χ1n) is 11.9. The summed E-state index contributed by atoms with van der Waals surface area (Å²) in [7, 11) is 2.20. The number of thioether (sulfide) groups is 1. The zero-order valence-electron chi connectivity index (χ0n) is 20.1. The molecule has 0 fully saturated rings. The maximum absolute atomic E-state index is 2.48. The molecule has 1 aliphatic rings. The average Bonchev–Trinajstić information content (AvgIpc) is 3.40. The molecule has 1 aliphatic heterocycles. The Bertz CT molecular complexity index is 1630. The summed E-state index contributed by atoms with van der Waals surface area (Å²) in [6.07, 6.45) is 5.76. The molecule has 0 aliphatic carbocycles. The van der Waals surface area contributed by atoms with E-state index in [1.807, 2.05) is 23.1 Å². The molecular formula is C30H27BrN2S2. The fourth-order valence-corrected chi connectivity index (χ4v) is 7.30. The molecule has 0 bridgehead atoms. The lowest BCUT2D eigenvalue weighted by Gasteiger charge is -2.20. The number of hydrogen-bond acceptors (Lipinski definition) is 3. The molecule has 5 heteroatoms. The van der Waals surface area contributed by atoms with Crippen LogP contribution in [0.25, 0.3) is 37.8 Å². The largest absolute Gasteiger partial charge is 1.00 e. The Morgan fingerprint density at radius 1 is 0.886 bits per heavy atom. The van der Waals surface area contributed by atoms with Crippen LogP contribution in [0, 0.1) is 0 Å². The predicted octanol–water partition coefficient (Wildman–Crippen LogP) is 5.30. The van der Waals surface area contributed by atoms with Crippen molar-refractivity contribution in [1.82, 2.24) is 0 Å². The number of aromatic nitrogens is 1. The zero-order valence-corrected chi connectivity index (χ0v) is 23.3. The van der Waals surface area contributed by atoms with E-state index in [2.05, 4.69) is 115 Å². The molecule has 2 nitrogen and oxygen atoms in total. The SMILES string of the molecule is CCC(=C\c1sc2ccc3ccccc3c2[n+]1C)/C=C1/Sc2ccc3ccccc3c2N1CC.[Br-]. The predicted molar refractivity (Wildman–Crippen MR) is 150 cm³/mol. The zero-order chi connectivity index (χ0) is 23.2. The molecular weight excluding hydrogens is 532 g/mol. The van der Waals surface area contributed by atoms with Gasteiger partial charge >= 0.3 is 0 Å². The third-order valence-electron chi connectivity index (χ3n) is 6.70. The fourth-order valence-electron chi connectivity index (χ4n) is 4.94. The van der Waals surface area contributed by atoms with Gasteiger partial charge in [0.05, 0.1) is 16.1 Å². The standard InChI is InChI=1S/C30H27N2S2.BrH/c1-4-20(18-27-31(3)29-23-12-8-6-10-21(23)14-16-25(29)33-27)19-28-32(5-2)30-24-13-9-7-11-22(24)15-17-26(30)34-28;/h6-19H,4-5H2,1-3H3;1H/q+1;/p-1. The van der Waals surface area contributed by atoms with Gasteiger partial charge in [0, 0.05) is 22.9 Å². The minimum atomic E-state index is 0. The number of fused-ring (bicyclic) bond motifs is 6. The topological polar surface area (TPSA) is 7.12 Å². The van der Waals surface area contributed by atoms with Crippen LogP contribution in [-0.2, 0) is 7.05 Å². The van der Waals surface area contributed by atoms with Gasteiger partial charge in [-0.2, -0.15) is 4.57 Å². The summed E-state index contributed by atoms with van der Waals surface area (Å²) in [5.74, 6) is 0. The van der Waals surface area contributed by atoms with Gasteiger partial charge in [0.25, 0.3) is 5.01 Å². The summed E-state index contributed by atoms with van der Waals surface area (Å²) >= 11 is 3.76. The quantitative estimate of drug-likeness (QED) is 0.276. The van der Waals surface area contributed by atoms with E-state index < -0.39 is 0 Å². The van der Waals surface area contributed by atoms with Crippen LogP contribution < -0.4 is 26.4 Å². The monoisotopic (exact) mass is 558 g/mol. The van der Waals surface area contributed by atoms with Gasteiger partial charge in [-0.1, -0.05) is 84.6 Å². The number of halogens is 1. The number of hydrogen-bond donors (Lipinski definition) is 0. The lowest BCUT2D eigenvalue weighted by atomic mass is 10.1. The van der Waals surface area contributed by atoms with Crippen molar-refractivity contribution in [2.24, 2.45) is 7.05 Å². The maximum Gasteiger partial charge on any atom is 0.262 e. The molecule has 176 valence electrons. The second-order valence-corrected chi connectivity index (χ2v) is 10.8. The van der Waals surface area contributed by atoms with Gasteiger partial charge in [-0.05, 0) is 54.0 Å². The van der Waals surface area contributed by atoms with E-state index in [1.165, 1.54) is 58.0 Å². The van der Waals surface area contributed by atoms with Crippen molar-refractivity contribution in [2.75, 3.05) is 11.4 Å². The molecule has 0 saturated heterocycles. The second kappa shape index (κ2) is 9.81. The number of allylic oxidation sites excluding steroid dienone is 2. The lowest BCUT2D eigenvalue weighted by Crippen LogP contribution is -3.00. The van der Waals surface area contributed by atoms with E-state index in [4.69, 9.17) is 0 Å². The minimum absolute atomic E-state index is 0. The Morgan fingerprint density at radius 2 is 1.57 bits per heavy atom. The molecule has 5 aromatic rings. The highest BCUT2D eigenvalue weighted by atomic mass is 79.9. The smallest absolute Gasteiger partial charge is 0.262 e. The van der Waals surface area contributed by atoms with Gasteiger partial charge in [-0.15, -0.1) is 0 Å². The van der Waals surface area contributed by atoms with Crippen molar-refractivity contribution in [3.63, 3.8) is 0 Å². The summed E-state index contributed by atoms with van der Waals surface area (Å²) in [6, 6.07) is 26.4. The van der Waals surface area contributed by atoms with Crippen molar-refractivity contribution in [2.45, 2.75) is 25.2 Å². The maximum atomic E-state index is 2.48. The van der Waals surface area contributed by atoms with Crippen LogP contribution in [-0.4, -0.2) is 6.54 Å². The van der Waals surface area contributed by atoms with E-state index in [1.54, 1.807) is 0 Å². The van der Waals surface area contributed by atoms with Crippen molar-refractivity contribution in [3.8, 4) is 0 Å². The molecule has 1 aromatic heterocycles. The molecule has 4 aromatic carbocycles. The van der Waals surface area contributed by atoms with E-state index in [9.17, 15) is 0 Å². The van der Waals surface area contributed by atoms with Crippen LogP contribution in [0.15, 0.2) is 94.4 Å². The molecule has 0 unspecified atom stereocenters. The summed E-state index contributed by atoms with van der Waals surface area (Å²) in [6.45, 7) is 5.46. The van der Waals surface area contributed by atoms with E-state index in [0.717, 1.165) is 13.0 Å². The van der Waals surface area contributed by atoms with Gasteiger partial charge in [-0.3, -0.25) is 0 Å². The van der Waals surface area contributed by atoms with E-state index in [-0.39, 0.29) is 17.0 Å².